The molecule has 8 N–H and O–H groups in total. The molecule has 6 aromatic carbocycles. The lowest BCUT2D eigenvalue weighted by Gasteiger charge is -2.14. The summed E-state index contributed by atoms with van der Waals surface area (Å²) < 4.78 is 64.5. The summed E-state index contributed by atoms with van der Waals surface area (Å²) in [5.41, 5.74) is 1.74. The van der Waals surface area contributed by atoms with E-state index in [1.54, 1.807) is 54.6 Å². The van der Waals surface area contributed by atoms with Crippen LogP contribution in [0, 0.1) is 6.92 Å². The van der Waals surface area contributed by atoms with Crippen LogP contribution in [-0.2, 0) is 20.2 Å². The van der Waals surface area contributed by atoms with Crippen molar-refractivity contribution >= 4 is 84.0 Å². The Labute approximate surface area is 348 Å². The third-order valence-corrected chi connectivity index (χ3v) is 10.3. The molecule has 0 spiro atoms. The Morgan fingerprint density at radius 3 is 0.984 bits per heavy atom. The molecule has 6 amide bonds. The monoisotopic (exact) mass is 862 g/mol. The molecule has 6 rings (SSSR count). The maximum Gasteiger partial charge on any atom is 0.323 e. The molecule has 0 atom stereocenters. The SMILES string of the molecule is Cc1ccc(NC(=O)c2cc(NC(=O)Nc3cc(C(=O)Nc4ccccc4)cc(C(=O)Nc4ccc(S(=O)(=O)O)cc4)c3)cc(C(=O)Nc3ccc(S(=O)(=O)O)cc3)c2)cc1. The number of anilines is 6. The molecule has 0 aromatic heterocycles. The third kappa shape index (κ3) is 11.7. The Morgan fingerprint density at radius 2 is 0.672 bits per heavy atom. The van der Waals surface area contributed by atoms with E-state index >= 15 is 0 Å². The van der Waals surface area contributed by atoms with E-state index < -0.39 is 59.7 Å². The van der Waals surface area contributed by atoms with Crippen LogP contribution in [0.3, 0.4) is 0 Å². The molecule has 0 radical (unpaired) electrons. The van der Waals surface area contributed by atoms with Gasteiger partial charge in [0, 0.05) is 56.4 Å². The van der Waals surface area contributed by atoms with E-state index in [9.17, 15) is 49.9 Å². The molecule has 0 aliphatic heterocycles. The number of rotatable bonds is 12. The van der Waals surface area contributed by atoms with Crippen LogP contribution in [0.5, 0.6) is 0 Å². The van der Waals surface area contributed by atoms with Crippen molar-refractivity contribution in [1.82, 2.24) is 0 Å². The van der Waals surface area contributed by atoms with Gasteiger partial charge in [0.1, 0.15) is 0 Å². The maximum absolute atomic E-state index is 13.6. The number of nitrogens with one attached hydrogen (secondary N) is 6. The molecule has 0 aliphatic rings. The first kappa shape index (κ1) is 42.9. The number of urea groups is 1. The number of aryl methyl sites for hydroxylation is 1. The van der Waals surface area contributed by atoms with Crippen LogP contribution >= 0.6 is 0 Å². The minimum atomic E-state index is -4.50. The first-order valence-corrected chi connectivity index (χ1v) is 20.7. The van der Waals surface area contributed by atoms with Crippen molar-refractivity contribution in [1.29, 1.82) is 0 Å². The fourth-order valence-corrected chi connectivity index (χ4v) is 6.57. The number of hydrogen-bond acceptors (Lipinski definition) is 9. The summed E-state index contributed by atoms with van der Waals surface area (Å²) >= 11 is 0. The number of carbonyl (C=O) groups excluding carboxylic acids is 5. The molecule has 0 bridgehead atoms. The van der Waals surface area contributed by atoms with E-state index in [2.05, 4.69) is 31.9 Å². The Bertz CT molecular complexity index is 2890. The van der Waals surface area contributed by atoms with Gasteiger partial charge in [0.2, 0.25) is 0 Å². The van der Waals surface area contributed by atoms with Crippen molar-refractivity contribution in [2.75, 3.05) is 31.9 Å². The molecule has 61 heavy (non-hydrogen) atoms. The largest absolute Gasteiger partial charge is 0.323 e. The second kappa shape index (κ2) is 18.1. The average Bonchev–Trinajstić information content (AvgIpc) is 3.21. The minimum absolute atomic E-state index is 0.0368. The standard InChI is InChI=1S/C42H34N6O11S2/c1-25-7-9-31(10-8-25)44-39(50)27-20-29(41(52)46-33-13-17-37(18-14-33)61(57,58)59)24-35(22-27)48-42(53)47-34-21-26(38(49)43-30-5-3-2-4-6-30)19-28(23-34)40(51)45-32-11-15-36(16-12-32)60(54,55)56/h2-24H,1H3,(H,43,49)(H,44,50)(H,45,51)(H,46,52)(H2,47,48,53)(H,54,55,56)(H,57,58,59). The number of benzene rings is 6. The summed E-state index contributed by atoms with van der Waals surface area (Å²) in [6.45, 7) is 1.87. The molecule has 19 heteroatoms. The van der Waals surface area contributed by atoms with E-state index in [0.29, 0.717) is 11.4 Å². The van der Waals surface area contributed by atoms with Crippen LogP contribution in [0.2, 0.25) is 0 Å². The quantitative estimate of drug-likeness (QED) is 0.0573. The van der Waals surface area contributed by atoms with Gasteiger partial charge < -0.3 is 31.9 Å². The lowest BCUT2D eigenvalue weighted by atomic mass is 10.1. The highest BCUT2D eigenvalue weighted by molar-refractivity contribution is 7.86. The summed E-state index contributed by atoms with van der Waals surface area (Å²) in [5, 5.41) is 15.7. The van der Waals surface area contributed by atoms with Crippen LogP contribution < -0.4 is 31.9 Å². The minimum Gasteiger partial charge on any atom is -0.322 e. The summed E-state index contributed by atoms with van der Waals surface area (Å²) in [6, 6.07) is 31.3. The van der Waals surface area contributed by atoms with Gasteiger partial charge in [-0.15, -0.1) is 0 Å². The lowest BCUT2D eigenvalue weighted by molar-refractivity contribution is 0.101. The van der Waals surface area contributed by atoms with E-state index in [4.69, 9.17) is 0 Å². The fraction of sp³-hybridized carbons (Fsp3) is 0.0238. The van der Waals surface area contributed by atoms with E-state index in [-0.39, 0.29) is 45.0 Å². The van der Waals surface area contributed by atoms with Gasteiger partial charge >= 0.3 is 6.03 Å². The Balaban J connectivity index is 1.28. The fourth-order valence-electron chi connectivity index (χ4n) is 5.61. The van der Waals surface area contributed by atoms with Crippen LogP contribution in [0.4, 0.5) is 38.9 Å². The Kier molecular flexibility index (Phi) is 12.7. The highest BCUT2D eigenvalue weighted by atomic mass is 32.2. The van der Waals surface area contributed by atoms with Crippen molar-refractivity contribution in [2.24, 2.45) is 0 Å². The molecule has 0 unspecified atom stereocenters. The maximum atomic E-state index is 13.6. The van der Waals surface area contributed by atoms with Gasteiger partial charge in [0.05, 0.1) is 9.79 Å². The molecule has 310 valence electrons. The van der Waals surface area contributed by atoms with Gasteiger partial charge in [0.25, 0.3) is 43.9 Å². The summed E-state index contributed by atoms with van der Waals surface area (Å²) in [7, 11) is -8.99. The number of amides is 6. The van der Waals surface area contributed by atoms with Crippen LogP contribution in [-0.4, -0.2) is 55.6 Å². The van der Waals surface area contributed by atoms with Crippen molar-refractivity contribution in [3.63, 3.8) is 0 Å². The van der Waals surface area contributed by atoms with Crippen LogP contribution in [0.15, 0.2) is 149 Å². The molecule has 0 saturated heterocycles. The highest BCUT2D eigenvalue weighted by Crippen LogP contribution is 2.23. The number of carbonyl (C=O) groups is 5. The Hall–Kier alpha value is -7.71. The molecule has 6 aromatic rings. The van der Waals surface area contributed by atoms with Crippen molar-refractivity contribution in [3.8, 4) is 0 Å². The second-order valence-corrected chi connectivity index (χ2v) is 16.1. The zero-order valence-electron chi connectivity index (χ0n) is 31.7. The molecular weight excluding hydrogens is 829 g/mol. The zero-order valence-corrected chi connectivity index (χ0v) is 33.3. The molecule has 0 fully saturated rings. The summed E-state index contributed by atoms with van der Waals surface area (Å²) in [5.74, 6) is -2.79. The van der Waals surface area contributed by atoms with Crippen molar-refractivity contribution < 1.29 is 49.9 Å². The third-order valence-electron chi connectivity index (χ3n) is 8.59. The molecule has 0 saturated carbocycles. The molecule has 0 aliphatic carbocycles. The smallest absolute Gasteiger partial charge is 0.322 e. The highest BCUT2D eigenvalue weighted by Gasteiger charge is 2.19. The van der Waals surface area contributed by atoms with Gasteiger partial charge in [-0.05, 0) is 116 Å². The normalized spacial score (nSPS) is 11.1. The van der Waals surface area contributed by atoms with Gasteiger partial charge in [0.15, 0.2) is 0 Å². The van der Waals surface area contributed by atoms with Crippen molar-refractivity contribution in [3.05, 3.63) is 167 Å². The molecule has 0 heterocycles. The van der Waals surface area contributed by atoms with E-state index in [0.717, 1.165) is 29.8 Å². The Morgan fingerprint density at radius 1 is 0.377 bits per heavy atom. The van der Waals surface area contributed by atoms with Crippen molar-refractivity contribution in [2.45, 2.75) is 16.7 Å². The molecule has 17 nitrogen and oxygen atoms in total. The van der Waals surface area contributed by atoms with E-state index in [1.807, 2.05) is 6.92 Å². The average molecular weight is 863 g/mol. The first-order chi connectivity index (χ1) is 28.9. The van der Waals surface area contributed by atoms with E-state index in [1.165, 1.54) is 60.7 Å². The van der Waals surface area contributed by atoms with Gasteiger partial charge in [-0.2, -0.15) is 16.8 Å². The van der Waals surface area contributed by atoms with Gasteiger partial charge in [-0.3, -0.25) is 28.3 Å². The summed E-state index contributed by atoms with van der Waals surface area (Å²) in [6.07, 6.45) is 0. The zero-order chi connectivity index (χ0) is 43.9. The number of hydrogen-bond donors (Lipinski definition) is 8. The van der Waals surface area contributed by atoms with Crippen LogP contribution in [0.1, 0.15) is 47.0 Å². The topological polar surface area (TPSA) is 266 Å². The predicted molar refractivity (Wildman–Crippen MR) is 227 cm³/mol. The summed E-state index contributed by atoms with van der Waals surface area (Å²) in [4.78, 5) is 66.5. The number of para-hydroxylation sites is 1. The van der Waals surface area contributed by atoms with Gasteiger partial charge in [-0.1, -0.05) is 35.9 Å². The second-order valence-electron chi connectivity index (χ2n) is 13.2. The first-order valence-electron chi connectivity index (χ1n) is 17.8. The lowest BCUT2D eigenvalue weighted by Crippen LogP contribution is -2.22. The van der Waals surface area contributed by atoms with Crippen LogP contribution in [0.25, 0.3) is 0 Å². The predicted octanol–water partition coefficient (Wildman–Crippen LogP) is 7.14. The molecular formula is C42H34N6O11S2. The van der Waals surface area contributed by atoms with Gasteiger partial charge in [-0.25, -0.2) is 4.79 Å².